The molecule has 0 radical (unpaired) electrons. The number of hydrogen-bond donors (Lipinski definition) is 0. The van der Waals surface area contributed by atoms with Gasteiger partial charge in [0.2, 0.25) is 0 Å². The van der Waals surface area contributed by atoms with Crippen molar-refractivity contribution in [1.82, 2.24) is 4.98 Å². The van der Waals surface area contributed by atoms with Crippen LogP contribution in [0.1, 0.15) is 58.7 Å². The molecule has 0 atom stereocenters. The Hall–Kier alpha value is -2.13. The summed E-state index contributed by atoms with van der Waals surface area (Å²) in [6, 6.07) is 5.92. The molecule has 0 saturated carbocycles. The van der Waals surface area contributed by atoms with Gasteiger partial charge in [-0.2, -0.15) is 13.2 Å². The normalized spacial score (nSPS) is 11.8. The summed E-state index contributed by atoms with van der Waals surface area (Å²) in [5, 5.41) is 0.0728. The summed E-state index contributed by atoms with van der Waals surface area (Å²) in [6.07, 6.45) is -8.69. The first-order valence-electron chi connectivity index (χ1n) is 8.69. The third kappa shape index (κ3) is 4.95. The number of carbonyl (C=O) groups is 1. The predicted molar refractivity (Wildman–Crippen MR) is 106 cm³/mol. The molecule has 1 heterocycles. The lowest BCUT2D eigenvalue weighted by atomic mass is 9.88. The van der Waals surface area contributed by atoms with E-state index in [4.69, 9.17) is 23.8 Å². The average Bonchev–Trinajstić information content (AvgIpc) is 2.65. The number of pyridine rings is 1. The first kappa shape index (κ1) is 24.1. The van der Waals surface area contributed by atoms with E-state index in [1.165, 1.54) is 18.2 Å². The molecule has 10 heteroatoms. The lowest BCUT2D eigenvalue weighted by molar-refractivity contribution is -0.141. The van der Waals surface area contributed by atoms with E-state index >= 15 is 0 Å². The maximum Gasteiger partial charge on any atom is 0.434 e. The van der Waals surface area contributed by atoms with Crippen LogP contribution in [0.3, 0.4) is 0 Å². The van der Waals surface area contributed by atoms with Gasteiger partial charge in [0, 0.05) is 16.1 Å². The zero-order valence-electron chi connectivity index (χ0n) is 16.1. The van der Waals surface area contributed by atoms with Gasteiger partial charge < -0.3 is 4.74 Å². The number of benzene rings is 1. The minimum absolute atomic E-state index is 0.0728. The van der Waals surface area contributed by atoms with Gasteiger partial charge in [-0.1, -0.05) is 55.9 Å². The van der Waals surface area contributed by atoms with E-state index in [-0.39, 0.29) is 33.4 Å². The monoisotopic (exact) mass is 465 g/mol. The Labute approximate surface area is 180 Å². The molecule has 0 amide bonds. The Balaban J connectivity index is 3.04. The van der Waals surface area contributed by atoms with Gasteiger partial charge in [0.15, 0.2) is 5.69 Å². The summed E-state index contributed by atoms with van der Waals surface area (Å²) in [4.78, 5) is 15.1. The minimum atomic E-state index is -5.11. The Bertz CT molecular complexity index is 976. The molecule has 2 rings (SSSR count). The second-order valence-electron chi connectivity index (χ2n) is 6.77. The van der Waals surface area contributed by atoms with Crippen LogP contribution in [-0.4, -0.2) is 22.9 Å². The molecule has 1 aromatic carbocycles. The minimum Gasteiger partial charge on any atom is -0.465 e. The summed E-state index contributed by atoms with van der Waals surface area (Å²) in [7, 11) is 0.945. The number of hydrogen-bond acceptors (Lipinski definition) is 4. The molecular formula is C20H17ClF5NO2S. The quantitative estimate of drug-likeness (QED) is 0.213. The molecule has 0 bridgehead atoms. The number of halogens is 6. The molecule has 2 aromatic rings. The summed E-state index contributed by atoms with van der Waals surface area (Å²) >= 11 is 11.4. The van der Waals surface area contributed by atoms with Crippen LogP contribution in [0.25, 0.3) is 0 Å². The fraction of sp³-hybridized carbons (Fsp3) is 0.350. The Morgan fingerprint density at radius 2 is 1.80 bits per heavy atom. The number of esters is 1. The van der Waals surface area contributed by atoms with Gasteiger partial charge in [-0.25, -0.2) is 18.6 Å². The van der Waals surface area contributed by atoms with Crippen LogP contribution >= 0.6 is 23.8 Å². The van der Waals surface area contributed by atoms with Gasteiger partial charge in [-0.15, -0.1) is 0 Å². The van der Waals surface area contributed by atoms with Crippen molar-refractivity contribution in [3.8, 4) is 0 Å². The van der Waals surface area contributed by atoms with Crippen LogP contribution in [0, 0.1) is 5.92 Å². The van der Waals surface area contributed by atoms with Crippen LogP contribution in [0.15, 0.2) is 24.3 Å². The predicted octanol–water partition coefficient (Wildman–Crippen LogP) is 6.44. The van der Waals surface area contributed by atoms with Crippen molar-refractivity contribution in [2.45, 2.75) is 32.9 Å². The molecule has 30 heavy (non-hydrogen) atoms. The fourth-order valence-electron chi connectivity index (χ4n) is 2.98. The average molecular weight is 466 g/mol. The fourth-order valence-corrected chi connectivity index (χ4v) is 3.67. The van der Waals surface area contributed by atoms with Crippen LogP contribution < -0.4 is 0 Å². The molecule has 0 saturated heterocycles. The highest BCUT2D eigenvalue weighted by atomic mass is 35.5. The summed E-state index contributed by atoms with van der Waals surface area (Å²) < 4.78 is 73.5. The van der Waals surface area contributed by atoms with Crippen LogP contribution in [0.4, 0.5) is 22.0 Å². The van der Waals surface area contributed by atoms with Crippen molar-refractivity contribution in [2.75, 3.05) is 7.11 Å². The first-order chi connectivity index (χ1) is 13.9. The molecule has 0 aliphatic carbocycles. The van der Waals surface area contributed by atoms with Crippen molar-refractivity contribution >= 4 is 34.7 Å². The lowest BCUT2D eigenvalue weighted by Crippen LogP contribution is -2.25. The molecule has 0 N–H and O–H groups in total. The Morgan fingerprint density at radius 3 is 2.27 bits per heavy atom. The standard InChI is InChI=1S/C20H17ClF5NO2S/c1-9(2)8-11-13(19(28)29-3)15(18(22)23)27-17(20(24,25)26)14(11)16(30)10-6-4-5-7-12(10)21/h4-7,9,18H,8H2,1-3H3. The molecule has 0 aliphatic heterocycles. The molecule has 0 spiro atoms. The molecular weight excluding hydrogens is 449 g/mol. The van der Waals surface area contributed by atoms with Crippen molar-refractivity contribution < 1.29 is 31.5 Å². The number of ether oxygens (including phenoxy) is 1. The summed E-state index contributed by atoms with van der Waals surface area (Å²) in [5.41, 5.74) is -4.42. The Morgan fingerprint density at radius 1 is 1.20 bits per heavy atom. The maximum absolute atomic E-state index is 13.9. The van der Waals surface area contributed by atoms with Gasteiger partial charge >= 0.3 is 12.1 Å². The maximum atomic E-state index is 13.9. The van der Waals surface area contributed by atoms with E-state index < -0.39 is 41.1 Å². The molecule has 0 unspecified atom stereocenters. The number of nitrogens with zero attached hydrogens (tertiary/aromatic N) is 1. The SMILES string of the molecule is COC(=O)c1c(C(F)F)nc(C(F)(F)F)c(C(=S)c2ccccc2Cl)c1CC(C)C. The summed E-state index contributed by atoms with van der Waals surface area (Å²) in [5.74, 6) is -1.51. The van der Waals surface area contributed by atoms with E-state index in [0.29, 0.717) is 0 Å². The van der Waals surface area contributed by atoms with E-state index in [1.807, 2.05) is 0 Å². The zero-order valence-corrected chi connectivity index (χ0v) is 17.7. The van der Waals surface area contributed by atoms with E-state index in [1.54, 1.807) is 19.9 Å². The number of aromatic nitrogens is 1. The number of methoxy groups -OCH3 is 1. The largest absolute Gasteiger partial charge is 0.465 e. The molecule has 162 valence electrons. The van der Waals surface area contributed by atoms with Gasteiger partial charge in [0.05, 0.1) is 17.5 Å². The zero-order chi connectivity index (χ0) is 22.8. The number of rotatable bonds is 6. The third-order valence-electron chi connectivity index (χ3n) is 4.15. The smallest absolute Gasteiger partial charge is 0.434 e. The van der Waals surface area contributed by atoms with E-state index in [0.717, 1.165) is 7.11 Å². The second-order valence-corrected chi connectivity index (χ2v) is 7.59. The van der Waals surface area contributed by atoms with Crippen LogP contribution in [0.5, 0.6) is 0 Å². The van der Waals surface area contributed by atoms with Crippen LogP contribution in [0.2, 0.25) is 5.02 Å². The van der Waals surface area contributed by atoms with Crippen molar-refractivity contribution in [1.29, 1.82) is 0 Å². The van der Waals surface area contributed by atoms with Gasteiger partial charge in [-0.3, -0.25) is 0 Å². The molecule has 3 nitrogen and oxygen atoms in total. The topological polar surface area (TPSA) is 39.2 Å². The lowest BCUT2D eigenvalue weighted by Gasteiger charge is -2.23. The third-order valence-corrected chi connectivity index (χ3v) is 4.91. The van der Waals surface area contributed by atoms with Crippen LogP contribution in [-0.2, 0) is 17.3 Å². The highest BCUT2D eigenvalue weighted by molar-refractivity contribution is 7.81. The van der Waals surface area contributed by atoms with Crippen molar-refractivity contribution in [2.24, 2.45) is 5.92 Å². The number of thiocarbonyl (C=S) groups is 1. The number of carbonyl (C=O) groups excluding carboxylic acids is 1. The van der Waals surface area contributed by atoms with Gasteiger partial charge in [0.1, 0.15) is 5.69 Å². The van der Waals surface area contributed by atoms with Gasteiger partial charge in [0.25, 0.3) is 6.43 Å². The summed E-state index contributed by atoms with van der Waals surface area (Å²) in [6.45, 7) is 3.33. The molecule has 0 aliphatic rings. The molecule has 1 aromatic heterocycles. The molecule has 0 fully saturated rings. The van der Waals surface area contributed by atoms with E-state index in [9.17, 15) is 26.7 Å². The Kier molecular flexibility index (Phi) is 7.52. The highest BCUT2D eigenvalue weighted by Crippen LogP contribution is 2.39. The highest BCUT2D eigenvalue weighted by Gasteiger charge is 2.42. The van der Waals surface area contributed by atoms with E-state index in [2.05, 4.69) is 9.72 Å². The van der Waals surface area contributed by atoms with Crippen molar-refractivity contribution in [3.63, 3.8) is 0 Å². The van der Waals surface area contributed by atoms with Crippen molar-refractivity contribution in [3.05, 3.63) is 62.9 Å². The number of alkyl halides is 5. The second kappa shape index (κ2) is 9.34. The first-order valence-corrected chi connectivity index (χ1v) is 9.48. The van der Waals surface area contributed by atoms with Gasteiger partial charge in [-0.05, 0) is 24.0 Å².